The summed E-state index contributed by atoms with van der Waals surface area (Å²) in [5.74, 6) is 0.834. The third kappa shape index (κ3) is 5.50. The van der Waals surface area contributed by atoms with Crippen LogP contribution in [-0.4, -0.2) is 36.0 Å². The number of carbonyl (C=O) groups excluding carboxylic acids is 2. The van der Waals surface area contributed by atoms with Crippen molar-refractivity contribution >= 4 is 11.9 Å². The van der Waals surface area contributed by atoms with Crippen molar-refractivity contribution in [1.29, 1.82) is 0 Å². The van der Waals surface area contributed by atoms with Crippen LogP contribution in [0.15, 0.2) is 48.5 Å². The molecule has 0 saturated carbocycles. The van der Waals surface area contributed by atoms with Crippen molar-refractivity contribution in [3.8, 4) is 5.75 Å². The first-order valence-electron chi connectivity index (χ1n) is 10.1. The van der Waals surface area contributed by atoms with E-state index in [2.05, 4.69) is 10.6 Å². The highest BCUT2D eigenvalue weighted by Gasteiger charge is 2.30. The fourth-order valence-corrected chi connectivity index (χ4v) is 3.62. The van der Waals surface area contributed by atoms with Gasteiger partial charge in [0.05, 0.1) is 18.7 Å². The maximum Gasteiger partial charge on any atom is 0.315 e. The van der Waals surface area contributed by atoms with Crippen molar-refractivity contribution in [1.82, 2.24) is 15.5 Å². The van der Waals surface area contributed by atoms with Crippen LogP contribution in [0.25, 0.3) is 0 Å². The second-order valence-corrected chi connectivity index (χ2v) is 7.47. The minimum atomic E-state index is -0.277. The number of nitrogens with zero attached hydrogens (tertiary/aromatic N) is 1. The molecule has 2 aromatic rings. The van der Waals surface area contributed by atoms with Gasteiger partial charge < -0.3 is 20.3 Å². The summed E-state index contributed by atoms with van der Waals surface area (Å²) in [5, 5.41) is 5.91. The van der Waals surface area contributed by atoms with E-state index in [0.29, 0.717) is 26.1 Å². The highest BCUT2D eigenvalue weighted by Crippen LogP contribution is 2.26. The lowest BCUT2D eigenvalue weighted by atomic mass is 10.0. The van der Waals surface area contributed by atoms with E-state index in [1.165, 1.54) is 0 Å². The molecule has 154 valence electrons. The van der Waals surface area contributed by atoms with Gasteiger partial charge in [0.15, 0.2) is 0 Å². The normalized spacial score (nSPS) is 17.1. The summed E-state index contributed by atoms with van der Waals surface area (Å²) in [6.07, 6.45) is 0.323. The monoisotopic (exact) mass is 395 g/mol. The summed E-state index contributed by atoms with van der Waals surface area (Å²) >= 11 is 0. The number of aryl methyl sites for hydroxylation is 1. The van der Waals surface area contributed by atoms with Crippen molar-refractivity contribution in [2.75, 3.05) is 13.2 Å². The number of ether oxygens (including phenoxy) is 1. The number of nitrogens with one attached hydrogen (secondary N) is 2. The van der Waals surface area contributed by atoms with Crippen LogP contribution < -0.4 is 15.4 Å². The van der Waals surface area contributed by atoms with Crippen LogP contribution in [0.4, 0.5) is 4.79 Å². The van der Waals surface area contributed by atoms with Crippen molar-refractivity contribution in [2.45, 2.75) is 45.8 Å². The number of likely N-dealkylation sites (tertiary alicyclic amines) is 1. The molecule has 2 unspecified atom stereocenters. The molecule has 1 aliphatic rings. The Kier molecular flexibility index (Phi) is 6.75. The predicted octanol–water partition coefficient (Wildman–Crippen LogP) is 3.56. The van der Waals surface area contributed by atoms with Gasteiger partial charge in [0.25, 0.3) is 0 Å². The van der Waals surface area contributed by atoms with E-state index in [1.807, 2.05) is 69.3 Å². The molecule has 6 nitrogen and oxygen atoms in total. The number of amides is 3. The van der Waals surface area contributed by atoms with Crippen LogP contribution in [0.5, 0.6) is 5.75 Å². The van der Waals surface area contributed by atoms with Crippen LogP contribution in [-0.2, 0) is 11.3 Å². The molecule has 0 bridgehead atoms. The lowest BCUT2D eigenvalue weighted by Crippen LogP contribution is -2.44. The second kappa shape index (κ2) is 9.45. The van der Waals surface area contributed by atoms with E-state index in [-0.39, 0.29) is 24.0 Å². The molecule has 1 heterocycles. The largest absolute Gasteiger partial charge is 0.494 e. The van der Waals surface area contributed by atoms with E-state index >= 15 is 0 Å². The third-order valence-corrected chi connectivity index (χ3v) is 5.05. The number of carbonyl (C=O) groups is 2. The van der Waals surface area contributed by atoms with E-state index < -0.39 is 0 Å². The molecule has 29 heavy (non-hydrogen) atoms. The quantitative estimate of drug-likeness (QED) is 0.753. The van der Waals surface area contributed by atoms with Gasteiger partial charge in [-0.05, 0) is 32.4 Å². The molecule has 6 heteroatoms. The minimum Gasteiger partial charge on any atom is -0.494 e. The minimum absolute atomic E-state index is 0.0597. The first-order valence-corrected chi connectivity index (χ1v) is 10.1. The Morgan fingerprint density at radius 3 is 2.72 bits per heavy atom. The molecule has 2 aromatic carbocycles. The summed E-state index contributed by atoms with van der Waals surface area (Å²) in [6.45, 7) is 7.53. The van der Waals surface area contributed by atoms with Gasteiger partial charge in [0.2, 0.25) is 5.91 Å². The standard InChI is InChI=1S/C23H29N3O3/c1-4-29-21-11-10-16(2)12-20(21)17(3)24-23(28)25-19-13-22(27)26(15-19)14-18-8-6-5-7-9-18/h5-12,17,19H,4,13-15H2,1-3H3,(H2,24,25,28). The predicted molar refractivity (Wildman–Crippen MR) is 113 cm³/mol. The SMILES string of the molecule is CCOc1ccc(C)cc1C(C)NC(=O)NC1CC(=O)N(Cc2ccccc2)C1. The molecule has 0 aromatic heterocycles. The lowest BCUT2D eigenvalue weighted by molar-refractivity contribution is -0.128. The summed E-state index contributed by atoms with van der Waals surface area (Å²) in [7, 11) is 0. The van der Waals surface area contributed by atoms with Gasteiger partial charge in [-0.25, -0.2) is 4.79 Å². The van der Waals surface area contributed by atoms with Crippen molar-refractivity contribution in [3.05, 3.63) is 65.2 Å². The number of hydrogen-bond acceptors (Lipinski definition) is 3. The van der Waals surface area contributed by atoms with Crippen molar-refractivity contribution in [3.63, 3.8) is 0 Å². The molecular weight excluding hydrogens is 366 g/mol. The number of hydrogen-bond donors (Lipinski definition) is 2. The van der Waals surface area contributed by atoms with E-state index in [4.69, 9.17) is 4.74 Å². The Morgan fingerprint density at radius 2 is 2.00 bits per heavy atom. The van der Waals surface area contributed by atoms with Gasteiger partial charge in [-0.1, -0.05) is 48.0 Å². The molecule has 2 N–H and O–H groups in total. The topological polar surface area (TPSA) is 70.7 Å². The molecule has 0 radical (unpaired) electrons. The average molecular weight is 396 g/mol. The van der Waals surface area contributed by atoms with Gasteiger partial charge in [-0.15, -0.1) is 0 Å². The first-order chi connectivity index (χ1) is 14.0. The molecule has 0 aliphatic carbocycles. The fraction of sp³-hybridized carbons (Fsp3) is 0.391. The highest BCUT2D eigenvalue weighted by atomic mass is 16.5. The lowest BCUT2D eigenvalue weighted by Gasteiger charge is -2.21. The molecule has 0 spiro atoms. The zero-order valence-corrected chi connectivity index (χ0v) is 17.3. The Labute approximate surface area is 172 Å². The Hall–Kier alpha value is -3.02. The van der Waals surface area contributed by atoms with Crippen LogP contribution >= 0.6 is 0 Å². The van der Waals surface area contributed by atoms with Gasteiger partial charge in [0, 0.05) is 25.1 Å². The average Bonchev–Trinajstić information content (AvgIpc) is 3.02. The summed E-state index contributed by atoms with van der Waals surface area (Å²) in [4.78, 5) is 26.6. The van der Waals surface area contributed by atoms with Crippen LogP contribution in [0.1, 0.15) is 43.0 Å². The van der Waals surface area contributed by atoms with Crippen molar-refractivity contribution in [2.24, 2.45) is 0 Å². The second-order valence-electron chi connectivity index (χ2n) is 7.47. The number of rotatable bonds is 7. The fourth-order valence-electron chi connectivity index (χ4n) is 3.62. The first kappa shape index (κ1) is 20.7. The Bertz CT molecular complexity index is 854. The van der Waals surface area contributed by atoms with E-state index in [0.717, 1.165) is 22.4 Å². The van der Waals surface area contributed by atoms with Gasteiger partial charge in [0.1, 0.15) is 5.75 Å². The smallest absolute Gasteiger partial charge is 0.315 e. The molecule has 1 aliphatic heterocycles. The molecule has 1 saturated heterocycles. The van der Waals surface area contributed by atoms with Crippen LogP contribution in [0.2, 0.25) is 0 Å². The maximum absolute atomic E-state index is 12.5. The summed E-state index contributed by atoms with van der Waals surface area (Å²) in [5.41, 5.74) is 3.13. The van der Waals surface area contributed by atoms with Crippen LogP contribution in [0.3, 0.4) is 0 Å². The molecule has 3 rings (SSSR count). The highest BCUT2D eigenvalue weighted by molar-refractivity contribution is 5.81. The zero-order chi connectivity index (χ0) is 20.8. The Balaban J connectivity index is 1.56. The zero-order valence-electron chi connectivity index (χ0n) is 17.3. The van der Waals surface area contributed by atoms with Gasteiger partial charge in [-0.3, -0.25) is 4.79 Å². The third-order valence-electron chi connectivity index (χ3n) is 5.05. The molecular formula is C23H29N3O3. The van der Waals surface area contributed by atoms with E-state index in [9.17, 15) is 9.59 Å². The Morgan fingerprint density at radius 1 is 1.24 bits per heavy atom. The number of benzene rings is 2. The number of urea groups is 1. The van der Waals surface area contributed by atoms with E-state index in [1.54, 1.807) is 4.90 Å². The van der Waals surface area contributed by atoms with Gasteiger partial charge in [-0.2, -0.15) is 0 Å². The maximum atomic E-state index is 12.5. The molecule has 3 amide bonds. The van der Waals surface area contributed by atoms with Crippen LogP contribution in [0, 0.1) is 6.92 Å². The summed E-state index contributed by atoms with van der Waals surface area (Å²) in [6, 6.07) is 15.1. The summed E-state index contributed by atoms with van der Waals surface area (Å²) < 4.78 is 5.69. The molecule has 1 fully saturated rings. The van der Waals surface area contributed by atoms with Gasteiger partial charge >= 0.3 is 6.03 Å². The van der Waals surface area contributed by atoms with Crippen molar-refractivity contribution < 1.29 is 14.3 Å². The molecule has 2 atom stereocenters.